The zero-order valence-corrected chi connectivity index (χ0v) is 18.0. The average Bonchev–Trinajstić information content (AvgIpc) is 2.63. The van der Waals surface area contributed by atoms with Gasteiger partial charge in [0.25, 0.3) is 0 Å². The summed E-state index contributed by atoms with van der Waals surface area (Å²) in [5, 5.41) is 2.38. The van der Waals surface area contributed by atoms with Crippen LogP contribution in [0.15, 0.2) is 42.5 Å². The molecule has 0 fully saturated rings. The first-order valence-corrected chi connectivity index (χ1v) is 9.78. The lowest BCUT2D eigenvalue weighted by molar-refractivity contribution is -0.151. The fourth-order valence-electron chi connectivity index (χ4n) is 3.02. The van der Waals surface area contributed by atoms with Gasteiger partial charge in [-0.25, -0.2) is 22.8 Å². The van der Waals surface area contributed by atoms with Gasteiger partial charge >= 0.3 is 12.1 Å². The van der Waals surface area contributed by atoms with E-state index in [9.17, 15) is 22.8 Å². The number of alkyl carbamates (subject to hydrolysis) is 1. The zero-order chi connectivity index (χ0) is 23.3. The van der Waals surface area contributed by atoms with Gasteiger partial charge in [-0.1, -0.05) is 18.2 Å². The summed E-state index contributed by atoms with van der Waals surface area (Å²) in [4.78, 5) is 24.4. The molecule has 1 amide bonds. The van der Waals surface area contributed by atoms with Crippen molar-refractivity contribution in [1.29, 1.82) is 0 Å². The SMILES string of the molecule is C[C@H](NC(=O)OC(C)(C)C)C(=O)O[C@@H](C)[C@@H](c1ccc(F)cc1)c1ccc(F)cc1F. The van der Waals surface area contributed by atoms with Gasteiger partial charge in [0.15, 0.2) is 0 Å². The molecular formula is C23H26F3NO4. The number of benzene rings is 2. The summed E-state index contributed by atoms with van der Waals surface area (Å²) in [6.45, 7) is 8.01. The number of amides is 1. The monoisotopic (exact) mass is 437 g/mol. The predicted molar refractivity (Wildman–Crippen MR) is 109 cm³/mol. The predicted octanol–water partition coefficient (Wildman–Crippen LogP) is 5.08. The highest BCUT2D eigenvalue weighted by atomic mass is 19.1. The van der Waals surface area contributed by atoms with Crippen LogP contribution in [0.1, 0.15) is 51.7 Å². The Hall–Kier alpha value is -3.03. The normalized spacial score (nSPS) is 14.3. The molecule has 5 nitrogen and oxygen atoms in total. The standard InChI is InChI=1S/C23H26F3NO4/c1-13(27-22(29)31-23(3,4)5)21(28)30-14(2)20(15-6-8-16(24)9-7-15)18-11-10-17(25)12-19(18)26/h6-14,20H,1-5H3,(H,27,29)/t13-,14-,20-/m0/s1. The van der Waals surface area contributed by atoms with E-state index >= 15 is 0 Å². The number of hydrogen-bond acceptors (Lipinski definition) is 4. The van der Waals surface area contributed by atoms with Crippen LogP contribution in [0.4, 0.5) is 18.0 Å². The first-order chi connectivity index (χ1) is 14.4. The van der Waals surface area contributed by atoms with E-state index in [4.69, 9.17) is 9.47 Å². The van der Waals surface area contributed by atoms with Gasteiger partial charge in [-0.3, -0.25) is 0 Å². The highest BCUT2D eigenvalue weighted by Gasteiger charge is 2.30. The van der Waals surface area contributed by atoms with Crippen molar-refractivity contribution in [3.8, 4) is 0 Å². The molecule has 0 unspecified atom stereocenters. The molecule has 0 saturated carbocycles. The van der Waals surface area contributed by atoms with Gasteiger partial charge in [-0.2, -0.15) is 0 Å². The summed E-state index contributed by atoms with van der Waals surface area (Å²) in [5.41, 5.74) is -0.185. The van der Waals surface area contributed by atoms with Gasteiger partial charge in [0.05, 0.1) is 0 Å². The molecule has 2 aromatic rings. The maximum absolute atomic E-state index is 14.5. The van der Waals surface area contributed by atoms with Crippen molar-refractivity contribution in [3.05, 3.63) is 71.0 Å². The van der Waals surface area contributed by atoms with Crippen LogP contribution >= 0.6 is 0 Å². The Morgan fingerprint density at radius 2 is 1.52 bits per heavy atom. The molecular weight excluding hydrogens is 411 g/mol. The molecule has 31 heavy (non-hydrogen) atoms. The van der Waals surface area contributed by atoms with Gasteiger partial charge in [0.2, 0.25) is 0 Å². The molecule has 3 atom stereocenters. The van der Waals surface area contributed by atoms with Crippen molar-refractivity contribution < 1.29 is 32.2 Å². The second-order valence-corrected chi connectivity index (χ2v) is 8.20. The van der Waals surface area contributed by atoms with E-state index in [1.165, 1.54) is 44.2 Å². The quantitative estimate of drug-likeness (QED) is 0.640. The van der Waals surface area contributed by atoms with Crippen molar-refractivity contribution in [2.75, 3.05) is 0 Å². The van der Waals surface area contributed by atoms with Crippen LogP contribution < -0.4 is 5.32 Å². The summed E-state index contributed by atoms with van der Waals surface area (Å²) in [6, 6.07) is 7.32. The fourth-order valence-corrected chi connectivity index (χ4v) is 3.02. The lowest BCUT2D eigenvalue weighted by Crippen LogP contribution is -2.43. The summed E-state index contributed by atoms with van der Waals surface area (Å²) in [5.74, 6) is -3.66. The molecule has 0 aromatic heterocycles. The Morgan fingerprint density at radius 1 is 0.935 bits per heavy atom. The molecule has 0 heterocycles. The highest BCUT2D eigenvalue weighted by Crippen LogP contribution is 2.32. The minimum absolute atomic E-state index is 0.0843. The number of nitrogens with one attached hydrogen (secondary N) is 1. The molecule has 0 radical (unpaired) electrons. The number of ether oxygens (including phenoxy) is 2. The summed E-state index contributed by atoms with van der Waals surface area (Å²) >= 11 is 0. The van der Waals surface area contributed by atoms with Gasteiger partial charge in [0.1, 0.15) is 35.2 Å². The first-order valence-electron chi connectivity index (χ1n) is 9.78. The van der Waals surface area contributed by atoms with Gasteiger partial charge in [-0.15, -0.1) is 0 Å². The number of hydrogen-bond donors (Lipinski definition) is 1. The van der Waals surface area contributed by atoms with E-state index in [0.717, 1.165) is 12.1 Å². The fraction of sp³-hybridized carbons (Fsp3) is 0.391. The molecule has 0 saturated heterocycles. The number of rotatable bonds is 6. The van der Waals surface area contributed by atoms with E-state index < -0.39 is 53.2 Å². The van der Waals surface area contributed by atoms with Gasteiger partial charge in [0, 0.05) is 12.0 Å². The minimum Gasteiger partial charge on any atom is -0.460 e. The molecule has 8 heteroatoms. The van der Waals surface area contributed by atoms with Crippen LogP contribution in [0, 0.1) is 17.5 Å². The molecule has 0 spiro atoms. The van der Waals surface area contributed by atoms with Crippen LogP contribution in [-0.2, 0) is 14.3 Å². The number of halogens is 3. The first kappa shape index (κ1) is 24.2. The smallest absolute Gasteiger partial charge is 0.408 e. The Balaban J connectivity index is 2.23. The Morgan fingerprint density at radius 3 is 2.06 bits per heavy atom. The minimum atomic E-state index is -1.04. The molecule has 168 valence electrons. The number of esters is 1. The van der Waals surface area contributed by atoms with E-state index in [0.29, 0.717) is 5.56 Å². The molecule has 0 bridgehead atoms. The maximum Gasteiger partial charge on any atom is 0.408 e. The third-order valence-electron chi connectivity index (χ3n) is 4.38. The van der Waals surface area contributed by atoms with E-state index in [1.807, 2.05) is 0 Å². The number of carbonyl (C=O) groups excluding carboxylic acids is 2. The summed E-state index contributed by atoms with van der Waals surface area (Å²) in [6.07, 6.45) is -1.70. The lowest BCUT2D eigenvalue weighted by atomic mass is 9.86. The molecule has 0 aliphatic carbocycles. The zero-order valence-electron chi connectivity index (χ0n) is 18.0. The van der Waals surface area contributed by atoms with E-state index in [-0.39, 0.29) is 5.56 Å². The van der Waals surface area contributed by atoms with Gasteiger partial charge < -0.3 is 14.8 Å². The van der Waals surface area contributed by atoms with Gasteiger partial charge in [-0.05, 0) is 63.9 Å². The second-order valence-electron chi connectivity index (χ2n) is 8.20. The van der Waals surface area contributed by atoms with Crippen LogP contribution in [0.2, 0.25) is 0 Å². The third kappa shape index (κ3) is 7.01. The van der Waals surface area contributed by atoms with Crippen LogP contribution in [0.5, 0.6) is 0 Å². The Labute approximate surface area is 179 Å². The van der Waals surface area contributed by atoms with Crippen molar-refractivity contribution in [2.24, 2.45) is 0 Å². The Kier molecular flexibility index (Phi) is 7.70. The van der Waals surface area contributed by atoms with E-state index in [1.54, 1.807) is 20.8 Å². The van der Waals surface area contributed by atoms with Crippen molar-refractivity contribution >= 4 is 12.1 Å². The highest BCUT2D eigenvalue weighted by molar-refractivity contribution is 5.81. The third-order valence-corrected chi connectivity index (χ3v) is 4.38. The van der Waals surface area contributed by atoms with Crippen LogP contribution in [0.25, 0.3) is 0 Å². The summed E-state index contributed by atoms with van der Waals surface area (Å²) in [7, 11) is 0. The largest absolute Gasteiger partial charge is 0.460 e. The molecule has 0 aliphatic rings. The Bertz CT molecular complexity index is 925. The second kappa shape index (κ2) is 9.85. The van der Waals surface area contributed by atoms with Crippen molar-refractivity contribution in [2.45, 2.75) is 58.3 Å². The van der Waals surface area contributed by atoms with Crippen molar-refractivity contribution in [1.82, 2.24) is 5.32 Å². The topological polar surface area (TPSA) is 64.6 Å². The van der Waals surface area contributed by atoms with Crippen molar-refractivity contribution in [3.63, 3.8) is 0 Å². The summed E-state index contributed by atoms with van der Waals surface area (Å²) < 4.78 is 51.9. The van der Waals surface area contributed by atoms with E-state index in [2.05, 4.69) is 5.32 Å². The number of carbonyl (C=O) groups is 2. The molecule has 0 aliphatic heterocycles. The average molecular weight is 437 g/mol. The maximum atomic E-state index is 14.5. The lowest BCUT2D eigenvalue weighted by Gasteiger charge is -2.27. The van der Waals surface area contributed by atoms with Crippen LogP contribution in [0.3, 0.4) is 0 Å². The van der Waals surface area contributed by atoms with Crippen LogP contribution in [-0.4, -0.2) is 29.8 Å². The molecule has 2 aromatic carbocycles. The molecule has 1 N–H and O–H groups in total. The molecule has 2 rings (SSSR count).